The second-order valence-corrected chi connectivity index (χ2v) is 6.21. The lowest BCUT2D eigenvalue weighted by Gasteiger charge is -2.24. The number of halogens is 2. The molecule has 0 saturated carbocycles. The molecule has 0 aliphatic rings. The molecule has 3 heteroatoms. The molecule has 0 bridgehead atoms. The minimum absolute atomic E-state index is 0.273. The first-order chi connectivity index (χ1) is 10.1. The maximum atomic E-state index is 5.98. The summed E-state index contributed by atoms with van der Waals surface area (Å²) in [7, 11) is 0. The van der Waals surface area contributed by atoms with Crippen molar-refractivity contribution in [2.24, 2.45) is 0 Å². The van der Waals surface area contributed by atoms with Crippen LogP contribution in [0.15, 0.2) is 48.5 Å². The van der Waals surface area contributed by atoms with E-state index in [1.165, 1.54) is 11.1 Å². The van der Waals surface area contributed by atoms with Crippen LogP contribution >= 0.6 is 23.2 Å². The lowest BCUT2D eigenvalue weighted by atomic mass is 9.99. The average molecular weight is 322 g/mol. The van der Waals surface area contributed by atoms with Crippen LogP contribution in [0.5, 0.6) is 0 Å². The topological polar surface area (TPSA) is 12.0 Å². The van der Waals surface area contributed by atoms with Gasteiger partial charge in [0.1, 0.15) is 0 Å². The molecule has 0 radical (unpaired) electrons. The van der Waals surface area contributed by atoms with Crippen molar-refractivity contribution in [3.8, 4) is 0 Å². The molecule has 2 aromatic carbocycles. The molecular formula is C18H21Cl2N. The second kappa shape index (κ2) is 7.84. The van der Waals surface area contributed by atoms with Crippen molar-refractivity contribution in [3.63, 3.8) is 0 Å². The zero-order valence-corrected chi connectivity index (χ0v) is 14.0. The highest BCUT2D eigenvalue weighted by molar-refractivity contribution is 6.30. The summed E-state index contributed by atoms with van der Waals surface area (Å²) in [5.41, 5.74) is 2.52. The van der Waals surface area contributed by atoms with Crippen LogP contribution in [0.25, 0.3) is 0 Å². The predicted octanol–water partition coefficient (Wildman–Crippen LogP) is 6.19. The summed E-state index contributed by atoms with van der Waals surface area (Å²) in [5, 5.41) is 5.25. The van der Waals surface area contributed by atoms with Gasteiger partial charge >= 0.3 is 0 Å². The van der Waals surface area contributed by atoms with E-state index in [-0.39, 0.29) is 6.04 Å². The van der Waals surface area contributed by atoms with Gasteiger partial charge in [-0.25, -0.2) is 0 Å². The molecule has 0 fully saturated rings. The summed E-state index contributed by atoms with van der Waals surface area (Å²) in [6.07, 6.45) is 2.23. The van der Waals surface area contributed by atoms with Gasteiger partial charge in [-0.2, -0.15) is 0 Å². The highest BCUT2D eigenvalue weighted by Crippen LogP contribution is 2.25. The van der Waals surface area contributed by atoms with Gasteiger partial charge in [-0.1, -0.05) is 60.8 Å². The van der Waals surface area contributed by atoms with Crippen LogP contribution in [-0.4, -0.2) is 0 Å². The Labute approximate surface area is 137 Å². The molecule has 0 aliphatic carbocycles. The van der Waals surface area contributed by atoms with Gasteiger partial charge in [-0.05, 0) is 48.7 Å². The van der Waals surface area contributed by atoms with Gasteiger partial charge in [0.05, 0.1) is 0 Å². The van der Waals surface area contributed by atoms with Gasteiger partial charge in [0.15, 0.2) is 0 Å². The number of hydrogen-bond donors (Lipinski definition) is 1. The Balaban J connectivity index is 2.11. The monoisotopic (exact) mass is 321 g/mol. The van der Waals surface area contributed by atoms with E-state index in [1.807, 2.05) is 24.3 Å². The van der Waals surface area contributed by atoms with Gasteiger partial charge in [-0.3, -0.25) is 0 Å². The van der Waals surface area contributed by atoms with Crippen molar-refractivity contribution in [1.29, 1.82) is 0 Å². The van der Waals surface area contributed by atoms with Crippen molar-refractivity contribution in [2.75, 3.05) is 0 Å². The molecule has 0 aromatic heterocycles. The van der Waals surface area contributed by atoms with E-state index >= 15 is 0 Å². The quantitative estimate of drug-likeness (QED) is 0.669. The van der Waals surface area contributed by atoms with E-state index in [4.69, 9.17) is 23.2 Å². The van der Waals surface area contributed by atoms with E-state index < -0.39 is 0 Å². The van der Waals surface area contributed by atoms with Gasteiger partial charge in [-0.15, -0.1) is 0 Å². The second-order valence-electron chi connectivity index (χ2n) is 5.33. The summed E-state index contributed by atoms with van der Waals surface area (Å²) in [6, 6.07) is 16.7. The average Bonchev–Trinajstić information content (AvgIpc) is 2.48. The molecule has 0 aliphatic heterocycles. The maximum absolute atomic E-state index is 5.98. The minimum Gasteiger partial charge on any atom is -0.303 e. The zero-order valence-electron chi connectivity index (χ0n) is 12.4. The summed E-state index contributed by atoms with van der Waals surface area (Å²) in [6.45, 7) is 4.39. The normalized spacial score (nSPS) is 13.9. The van der Waals surface area contributed by atoms with Gasteiger partial charge in [0, 0.05) is 22.1 Å². The first-order valence-electron chi connectivity index (χ1n) is 7.37. The molecule has 2 aromatic rings. The van der Waals surface area contributed by atoms with Gasteiger partial charge < -0.3 is 5.32 Å². The third-order valence-electron chi connectivity index (χ3n) is 3.67. The highest BCUT2D eigenvalue weighted by Gasteiger charge is 2.14. The molecule has 2 rings (SSSR count). The van der Waals surface area contributed by atoms with Crippen LogP contribution < -0.4 is 5.32 Å². The van der Waals surface area contributed by atoms with Crippen molar-refractivity contribution < 1.29 is 0 Å². The van der Waals surface area contributed by atoms with Crippen molar-refractivity contribution in [3.05, 3.63) is 69.7 Å². The molecule has 0 saturated heterocycles. The largest absolute Gasteiger partial charge is 0.303 e. The van der Waals surface area contributed by atoms with Crippen LogP contribution in [0.3, 0.4) is 0 Å². The molecule has 112 valence electrons. The third kappa shape index (κ3) is 4.74. The van der Waals surface area contributed by atoms with E-state index in [9.17, 15) is 0 Å². The molecule has 21 heavy (non-hydrogen) atoms. The lowest BCUT2D eigenvalue weighted by molar-refractivity contribution is 0.439. The van der Waals surface area contributed by atoms with E-state index in [1.54, 1.807) is 0 Å². The fraction of sp³-hybridized carbons (Fsp3) is 0.333. The van der Waals surface area contributed by atoms with Crippen LogP contribution in [0.4, 0.5) is 0 Å². The first-order valence-corrected chi connectivity index (χ1v) is 8.12. The van der Waals surface area contributed by atoms with Crippen molar-refractivity contribution in [1.82, 2.24) is 5.32 Å². The van der Waals surface area contributed by atoms with Crippen LogP contribution in [0.2, 0.25) is 10.0 Å². The Kier molecular flexibility index (Phi) is 6.10. The molecule has 1 nitrogen and oxygen atoms in total. The molecular weight excluding hydrogens is 301 g/mol. The van der Waals surface area contributed by atoms with Crippen molar-refractivity contribution >= 4 is 23.2 Å². The number of hydrogen-bond acceptors (Lipinski definition) is 1. The van der Waals surface area contributed by atoms with Gasteiger partial charge in [0.2, 0.25) is 0 Å². The first kappa shape index (κ1) is 16.4. The maximum Gasteiger partial charge on any atom is 0.0406 e. The Bertz CT molecular complexity index is 548. The highest BCUT2D eigenvalue weighted by atomic mass is 35.5. The van der Waals surface area contributed by atoms with E-state index in [2.05, 4.69) is 43.4 Å². The molecule has 1 unspecified atom stereocenters. The Morgan fingerprint density at radius 2 is 1.33 bits per heavy atom. The van der Waals surface area contributed by atoms with Crippen molar-refractivity contribution in [2.45, 2.75) is 38.8 Å². The predicted molar refractivity (Wildman–Crippen MR) is 92.1 cm³/mol. The number of nitrogens with one attached hydrogen (secondary N) is 1. The molecule has 0 amide bonds. The minimum atomic E-state index is 0.273. The third-order valence-corrected chi connectivity index (χ3v) is 4.17. The van der Waals surface area contributed by atoms with Crippen LogP contribution in [0, 0.1) is 0 Å². The zero-order chi connectivity index (χ0) is 15.2. The Hall–Kier alpha value is -1.02. The van der Waals surface area contributed by atoms with E-state index in [0.29, 0.717) is 6.04 Å². The van der Waals surface area contributed by atoms with Crippen LogP contribution in [0.1, 0.15) is 49.9 Å². The molecule has 2 atom stereocenters. The molecule has 0 heterocycles. The lowest BCUT2D eigenvalue weighted by Crippen LogP contribution is -2.24. The fourth-order valence-corrected chi connectivity index (χ4v) is 2.73. The fourth-order valence-electron chi connectivity index (χ4n) is 2.48. The van der Waals surface area contributed by atoms with Crippen LogP contribution in [-0.2, 0) is 0 Å². The Morgan fingerprint density at radius 3 is 1.81 bits per heavy atom. The number of benzene rings is 2. The standard InChI is InChI=1S/C18H21Cl2N/c1-3-4-18(15-7-11-17(20)12-8-15)21-13(2)14-5-9-16(19)10-6-14/h5-13,18,21H,3-4H2,1-2H3/t13-,18?/m1/s1. The summed E-state index contributed by atoms with van der Waals surface area (Å²) in [4.78, 5) is 0. The molecule has 0 spiro atoms. The Morgan fingerprint density at radius 1 is 0.857 bits per heavy atom. The summed E-state index contributed by atoms with van der Waals surface area (Å²) in [5.74, 6) is 0. The van der Waals surface area contributed by atoms with Gasteiger partial charge in [0.25, 0.3) is 0 Å². The molecule has 1 N–H and O–H groups in total. The van der Waals surface area contributed by atoms with E-state index in [0.717, 1.165) is 22.9 Å². The summed E-state index contributed by atoms with van der Waals surface area (Å²) >= 11 is 11.9. The summed E-state index contributed by atoms with van der Waals surface area (Å²) < 4.78 is 0. The SMILES string of the molecule is CCCC(N[C@H](C)c1ccc(Cl)cc1)c1ccc(Cl)cc1. The number of rotatable bonds is 6. The smallest absolute Gasteiger partial charge is 0.0406 e.